The monoisotopic (exact) mass is 625 g/mol. The van der Waals surface area contributed by atoms with Crippen LogP contribution in [0.2, 0.25) is 0 Å². The summed E-state index contributed by atoms with van der Waals surface area (Å²) in [4.78, 5) is 0. The Labute approximate surface area is 265 Å². The van der Waals surface area contributed by atoms with Gasteiger partial charge in [-0.2, -0.15) is 0 Å². The van der Waals surface area contributed by atoms with Crippen LogP contribution in [0.15, 0.2) is 174 Å². The zero-order valence-corrected chi connectivity index (χ0v) is 25.6. The number of benzene rings is 7. The van der Waals surface area contributed by atoms with Crippen molar-refractivity contribution in [3.8, 4) is 50.2 Å². The fourth-order valence-electron chi connectivity index (χ4n) is 6.66. The van der Waals surface area contributed by atoms with E-state index in [1.165, 1.54) is 66.3 Å². The van der Waals surface area contributed by atoms with Crippen molar-refractivity contribution in [2.75, 3.05) is 0 Å². The molecule has 44 heavy (non-hydrogen) atoms. The van der Waals surface area contributed by atoms with Crippen LogP contribution in [0.3, 0.4) is 0 Å². The van der Waals surface area contributed by atoms with Crippen LogP contribution in [0.1, 0.15) is 0 Å². The summed E-state index contributed by atoms with van der Waals surface area (Å²) in [5.41, 5.74) is 13.2. The second-order valence-corrected chi connectivity index (χ2v) is 11.9. The Hall–Kier alpha value is -5.18. The number of para-hydroxylation sites is 1. The minimum Gasteiger partial charge on any atom is -0.309 e. The van der Waals surface area contributed by atoms with Gasteiger partial charge in [0.05, 0.1) is 11.0 Å². The van der Waals surface area contributed by atoms with Crippen molar-refractivity contribution in [3.63, 3.8) is 0 Å². The molecule has 1 nitrogen and oxygen atoms in total. The molecule has 2 heteroatoms. The Balaban J connectivity index is 1.75. The van der Waals surface area contributed by atoms with E-state index >= 15 is 0 Å². The Morgan fingerprint density at radius 3 is 1.30 bits per heavy atom. The molecule has 8 aromatic rings. The lowest BCUT2D eigenvalue weighted by Crippen LogP contribution is -2.00. The molecule has 7 aromatic carbocycles. The zero-order valence-electron chi connectivity index (χ0n) is 24.0. The highest BCUT2D eigenvalue weighted by molar-refractivity contribution is 9.10. The molecule has 0 aliphatic heterocycles. The molecule has 0 unspecified atom stereocenters. The van der Waals surface area contributed by atoms with Gasteiger partial charge in [0.1, 0.15) is 0 Å². The van der Waals surface area contributed by atoms with E-state index in [0.29, 0.717) is 0 Å². The van der Waals surface area contributed by atoms with Crippen LogP contribution >= 0.6 is 15.9 Å². The molecule has 0 spiro atoms. The van der Waals surface area contributed by atoms with Crippen molar-refractivity contribution in [1.82, 2.24) is 4.57 Å². The highest BCUT2D eigenvalue weighted by atomic mass is 79.9. The first-order valence-electron chi connectivity index (χ1n) is 14.9. The Bertz CT molecular complexity index is 2240. The summed E-state index contributed by atoms with van der Waals surface area (Å²) >= 11 is 3.83. The first-order valence-corrected chi connectivity index (χ1v) is 15.7. The summed E-state index contributed by atoms with van der Waals surface area (Å²) in [6.45, 7) is 0. The normalized spacial score (nSPS) is 11.3. The second-order valence-electron chi connectivity index (χ2n) is 11.0. The summed E-state index contributed by atoms with van der Waals surface area (Å²) in [6, 6.07) is 61.1. The number of aromatic nitrogens is 1. The van der Waals surface area contributed by atoms with Gasteiger partial charge in [0.2, 0.25) is 0 Å². The fraction of sp³-hybridized carbons (Fsp3) is 0. The topological polar surface area (TPSA) is 4.93 Å². The molecule has 0 aliphatic rings. The molecule has 1 aromatic heterocycles. The maximum absolute atomic E-state index is 3.83. The molecule has 0 saturated carbocycles. The average Bonchev–Trinajstić information content (AvgIpc) is 3.43. The maximum atomic E-state index is 3.83. The second kappa shape index (κ2) is 11.1. The van der Waals surface area contributed by atoms with Crippen molar-refractivity contribution < 1.29 is 0 Å². The largest absolute Gasteiger partial charge is 0.309 e. The van der Waals surface area contributed by atoms with Crippen LogP contribution in [0, 0.1) is 0 Å². The lowest BCUT2D eigenvalue weighted by atomic mass is 9.80. The zero-order chi connectivity index (χ0) is 29.5. The van der Waals surface area contributed by atoms with Crippen molar-refractivity contribution >= 4 is 37.7 Å². The minimum atomic E-state index is 1.06. The minimum absolute atomic E-state index is 1.06. The Kier molecular flexibility index (Phi) is 6.70. The smallest absolute Gasteiger partial charge is 0.0632 e. The van der Waals surface area contributed by atoms with Crippen LogP contribution in [0.25, 0.3) is 72.0 Å². The average molecular weight is 627 g/mol. The Morgan fingerprint density at radius 1 is 0.386 bits per heavy atom. The summed E-state index contributed by atoms with van der Waals surface area (Å²) in [5, 5.41) is 2.46. The van der Waals surface area contributed by atoms with Gasteiger partial charge in [0.25, 0.3) is 0 Å². The van der Waals surface area contributed by atoms with E-state index in [1.807, 2.05) is 0 Å². The highest BCUT2D eigenvalue weighted by Crippen LogP contribution is 2.53. The predicted octanol–water partition coefficient (Wildman–Crippen LogP) is 12.2. The van der Waals surface area contributed by atoms with E-state index in [9.17, 15) is 0 Å². The number of hydrogen-bond donors (Lipinski definition) is 0. The van der Waals surface area contributed by atoms with Crippen molar-refractivity contribution in [3.05, 3.63) is 174 Å². The molecule has 0 aliphatic carbocycles. The fourth-order valence-corrected chi connectivity index (χ4v) is 7.02. The maximum Gasteiger partial charge on any atom is 0.0632 e. The molecule has 0 saturated heterocycles. The van der Waals surface area contributed by atoms with Crippen LogP contribution < -0.4 is 0 Å². The van der Waals surface area contributed by atoms with Crippen molar-refractivity contribution in [2.24, 2.45) is 0 Å². The quantitative estimate of drug-likeness (QED) is 0.179. The highest BCUT2D eigenvalue weighted by Gasteiger charge is 2.28. The Morgan fingerprint density at radius 2 is 0.795 bits per heavy atom. The van der Waals surface area contributed by atoms with Gasteiger partial charge in [-0.3, -0.25) is 0 Å². The SMILES string of the molecule is Brc1ccc2c(c1)c1c(-c3ccccc3)c(-c3ccccc3)c(-c3ccccc3)c(-c3ccccc3)c1n2-c1ccccc1. The van der Waals surface area contributed by atoms with Crippen LogP contribution in [0.5, 0.6) is 0 Å². The first-order chi connectivity index (χ1) is 21.8. The number of nitrogens with zero attached hydrogens (tertiary/aromatic N) is 1. The molecule has 0 radical (unpaired) electrons. The third-order valence-electron chi connectivity index (χ3n) is 8.43. The van der Waals surface area contributed by atoms with Crippen LogP contribution in [0.4, 0.5) is 0 Å². The number of fused-ring (bicyclic) bond motifs is 3. The van der Waals surface area contributed by atoms with Gasteiger partial charge in [0, 0.05) is 37.6 Å². The lowest BCUT2D eigenvalue weighted by molar-refractivity contribution is 1.18. The van der Waals surface area contributed by atoms with Crippen LogP contribution in [-0.2, 0) is 0 Å². The first kappa shape index (κ1) is 26.4. The number of rotatable bonds is 5. The van der Waals surface area contributed by atoms with Gasteiger partial charge in [-0.25, -0.2) is 0 Å². The molecule has 0 fully saturated rings. The molecule has 0 N–H and O–H groups in total. The molecule has 0 atom stereocenters. The van der Waals surface area contributed by atoms with Gasteiger partial charge >= 0.3 is 0 Å². The van der Waals surface area contributed by atoms with E-state index in [1.54, 1.807) is 0 Å². The third kappa shape index (κ3) is 4.38. The van der Waals surface area contributed by atoms with Gasteiger partial charge in [-0.05, 0) is 58.1 Å². The lowest BCUT2D eigenvalue weighted by Gasteiger charge is -2.24. The summed E-state index contributed by atoms with van der Waals surface area (Å²) in [5.74, 6) is 0. The van der Waals surface area contributed by atoms with Gasteiger partial charge in [-0.15, -0.1) is 0 Å². The molecular formula is C42H28BrN. The summed E-state index contributed by atoms with van der Waals surface area (Å²) in [6.07, 6.45) is 0. The third-order valence-corrected chi connectivity index (χ3v) is 8.92. The van der Waals surface area contributed by atoms with E-state index in [-0.39, 0.29) is 0 Å². The molecule has 8 rings (SSSR count). The predicted molar refractivity (Wildman–Crippen MR) is 190 cm³/mol. The number of hydrogen-bond acceptors (Lipinski definition) is 0. The van der Waals surface area contributed by atoms with Gasteiger partial charge in [-0.1, -0.05) is 155 Å². The van der Waals surface area contributed by atoms with E-state index in [2.05, 4.69) is 190 Å². The molecule has 0 amide bonds. The molecule has 0 bridgehead atoms. The molecular weight excluding hydrogens is 598 g/mol. The summed E-state index contributed by atoms with van der Waals surface area (Å²) in [7, 11) is 0. The number of halogens is 1. The van der Waals surface area contributed by atoms with Crippen molar-refractivity contribution in [2.45, 2.75) is 0 Å². The van der Waals surface area contributed by atoms with E-state index in [4.69, 9.17) is 0 Å². The van der Waals surface area contributed by atoms with E-state index < -0.39 is 0 Å². The van der Waals surface area contributed by atoms with E-state index in [0.717, 1.165) is 10.2 Å². The molecule has 1 heterocycles. The summed E-state index contributed by atoms with van der Waals surface area (Å²) < 4.78 is 3.53. The van der Waals surface area contributed by atoms with Gasteiger partial charge < -0.3 is 4.57 Å². The van der Waals surface area contributed by atoms with Crippen molar-refractivity contribution in [1.29, 1.82) is 0 Å². The van der Waals surface area contributed by atoms with Gasteiger partial charge in [0.15, 0.2) is 0 Å². The van der Waals surface area contributed by atoms with Crippen LogP contribution in [-0.4, -0.2) is 4.57 Å². The standard InChI is InChI=1S/C42H28BrN/c43-33-26-27-36-35(28-33)41-39(31-20-10-3-11-21-31)37(29-16-6-1-7-17-29)38(30-18-8-2-9-19-30)40(32-22-12-4-13-23-32)42(41)44(36)34-24-14-5-15-25-34/h1-28H. The molecule has 208 valence electrons.